The number of phenols is 1. The van der Waals surface area contributed by atoms with E-state index in [4.69, 9.17) is 5.11 Å². The number of aromatic hydroxyl groups is 1. The number of phenolic OH excluding ortho intramolecular Hbond substituents is 1. The Morgan fingerprint density at radius 1 is 1.50 bits per heavy atom. The lowest BCUT2D eigenvalue weighted by Crippen LogP contribution is -1.78. The first-order valence-electron chi connectivity index (χ1n) is 3.25. The van der Waals surface area contributed by atoms with Gasteiger partial charge in [0.1, 0.15) is 5.75 Å². The second-order valence-corrected chi connectivity index (χ2v) is 2.66. The van der Waals surface area contributed by atoms with E-state index < -0.39 is 0 Å². The molecule has 0 heterocycles. The molecule has 0 atom stereocenters. The van der Waals surface area contributed by atoms with Crippen LogP contribution in [0.1, 0.15) is 12.5 Å². The third-order valence-electron chi connectivity index (χ3n) is 1.45. The van der Waals surface area contributed by atoms with Gasteiger partial charge in [-0.25, -0.2) is 0 Å². The minimum Gasteiger partial charge on any atom is -0.507 e. The highest BCUT2D eigenvalue weighted by molar-refractivity contribution is 7.80. The molecule has 1 aromatic rings. The number of hydrogen-bond acceptors (Lipinski definition) is 2. The molecular weight excluding hydrogens is 144 g/mol. The first-order valence-corrected chi connectivity index (χ1v) is 3.69. The Kier molecular flexibility index (Phi) is 2.22. The van der Waals surface area contributed by atoms with Crippen molar-refractivity contribution in [3.8, 4) is 5.75 Å². The Labute approximate surface area is 66.1 Å². The van der Waals surface area contributed by atoms with Gasteiger partial charge in [0.15, 0.2) is 0 Å². The zero-order valence-electron chi connectivity index (χ0n) is 5.83. The summed E-state index contributed by atoms with van der Waals surface area (Å²) in [6.07, 6.45) is 0.946. The van der Waals surface area contributed by atoms with Crippen LogP contribution in [0.3, 0.4) is 0 Å². The molecule has 0 spiro atoms. The number of thiol groups is 1. The molecule has 0 aliphatic rings. The van der Waals surface area contributed by atoms with Crippen LogP contribution in [0.25, 0.3) is 0 Å². The molecule has 0 bridgehead atoms. The van der Waals surface area contributed by atoms with Gasteiger partial charge in [0.25, 0.3) is 0 Å². The Bertz CT molecular complexity index is 233. The summed E-state index contributed by atoms with van der Waals surface area (Å²) in [5, 5.41) is 9.15. The van der Waals surface area contributed by atoms with E-state index in [2.05, 4.69) is 12.6 Å². The van der Waals surface area contributed by atoms with Crippen LogP contribution in [0.4, 0.5) is 0 Å². The molecule has 0 saturated carbocycles. The molecule has 0 saturated heterocycles. The normalized spacial score (nSPS) is 9.80. The maximum atomic E-state index is 9.15. The molecule has 0 unspecified atom stereocenters. The number of aryl methyl sites for hydroxylation is 1. The molecule has 0 aliphatic heterocycles. The average Bonchev–Trinajstić information content (AvgIpc) is 1.95. The van der Waals surface area contributed by atoms with Crippen molar-refractivity contribution in [2.75, 3.05) is 0 Å². The van der Waals surface area contributed by atoms with Gasteiger partial charge in [-0.1, -0.05) is 13.0 Å². The highest BCUT2D eigenvalue weighted by Crippen LogP contribution is 2.21. The topological polar surface area (TPSA) is 20.2 Å². The average molecular weight is 154 g/mol. The van der Waals surface area contributed by atoms with Gasteiger partial charge in [0.05, 0.1) is 0 Å². The molecule has 10 heavy (non-hydrogen) atoms. The molecule has 0 aromatic heterocycles. The molecule has 1 nitrogen and oxygen atoms in total. The SMILES string of the molecule is CCc1ccc(S)c(O)c1. The summed E-state index contributed by atoms with van der Waals surface area (Å²) in [5.74, 6) is 0.266. The van der Waals surface area contributed by atoms with Gasteiger partial charge in [-0.3, -0.25) is 0 Å². The predicted molar refractivity (Wildman–Crippen MR) is 44.7 cm³/mol. The smallest absolute Gasteiger partial charge is 0.129 e. The van der Waals surface area contributed by atoms with E-state index in [1.54, 1.807) is 12.1 Å². The summed E-state index contributed by atoms with van der Waals surface area (Å²) in [4.78, 5) is 0.636. The van der Waals surface area contributed by atoms with Crippen molar-refractivity contribution in [1.29, 1.82) is 0 Å². The summed E-state index contributed by atoms with van der Waals surface area (Å²) < 4.78 is 0. The third-order valence-corrected chi connectivity index (χ3v) is 1.83. The van der Waals surface area contributed by atoms with Crippen LogP contribution >= 0.6 is 12.6 Å². The van der Waals surface area contributed by atoms with Crippen molar-refractivity contribution >= 4 is 12.6 Å². The molecule has 1 N–H and O–H groups in total. The van der Waals surface area contributed by atoms with Crippen LogP contribution in [-0.2, 0) is 6.42 Å². The molecule has 0 aliphatic carbocycles. The van der Waals surface area contributed by atoms with Gasteiger partial charge in [0.2, 0.25) is 0 Å². The zero-order chi connectivity index (χ0) is 7.56. The van der Waals surface area contributed by atoms with Gasteiger partial charge in [-0.2, -0.15) is 0 Å². The summed E-state index contributed by atoms with van der Waals surface area (Å²) in [5.41, 5.74) is 1.13. The lowest BCUT2D eigenvalue weighted by atomic mass is 10.2. The third kappa shape index (κ3) is 1.45. The van der Waals surface area contributed by atoms with E-state index in [1.165, 1.54) is 0 Å². The monoisotopic (exact) mass is 154 g/mol. The summed E-state index contributed by atoms with van der Waals surface area (Å²) in [6, 6.07) is 5.50. The summed E-state index contributed by atoms with van der Waals surface area (Å²) >= 11 is 4.03. The first-order chi connectivity index (χ1) is 4.74. The summed E-state index contributed by atoms with van der Waals surface area (Å²) in [7, 11) is 0. The zero-order valence-corrected chi connectivity index (χ0v) is 6.73. The van der Waals surface area contributed by atoms with E-state index >= 15 is 0 Å². The number of rotatable bonds is 1. The van der Waals surface area contributed by atoms with Crippen LogP contribution < -0.4 is 0 Å². The van der Waals surface area contributed by atoms with Gasteiger partial charge < -0.3 is 5.11 Å². The predicted octanol–water partition coefficient (Wildman–Crippen LogP) is 2.24. The highest BCUT2D eigenvalue weighted by atomic mass is 32.1. The van der Waals surface area contributed by atoms with Crippen LogP contribution in [-0.4, -0.2) is 5.11 Å². The Morgan fingerprint density at radius 2 is 2.20 bits per heavy atom. The van der Waals surface area contributed by atoms with Crippen LogP contribution in [0, 0.1) is 0 Å². The quantitative estimate of drug-likeness (QED) is 0.594. The standard InChI is InChI=1S/C8H10OS/c1-2-6-3-4-8(10)7(9)5-6/h3-5,9-10H,2H2,1H3. The number of hydrogen-bond donors (Lipinski definition) is 2. The van der Waals surface area contributed by atoms with Gasteiger partial charge in [-0.05, 0) is 24.1 Å². The fraction of sp³-hybridized carbons (Fsp3) is 0.250. The van der Waals surface area contributed by atoms with Gasteiger partial charge in [-0.15, -0.1) is 12.6 Å². The van der Waals surface area contributed by atoms with Crippen molar-refractivity contribution < 1.29 is 5.11 Å². The van der Waals surface area contributed by atoms with E-state index in [9.17, 15) is 0 Å². The maximum absolute atomic E-state index is 9.15. The molecule has 1 rings (SSSR count). The highest BCUT2D eigenvalue weighted by Gasteiger charge is 1.95. The minimum atomic E-state index is 0.266. The second kappa shape index (κ2) is 2.97. The fourth-order valence-corrected chi connectivity index (χ4v) is 0.928. The molecular formula is C8H10OS. The van der Waals surface area contributed by atoms with Gasteiger partial charge >= 0.3 is 0 Å². The lowest BCUT2D eigenvalue weighted by molar-refractivity contribution is 0.462. The van der Waals surface area contributed by atoms with Crippen LogP contribution in [0.5, 0.6) is 5.75 Å². The molecule has 0 radical (unpaired) electrons. The lowest BCUT2D eigenvalue weighted by Gasteiger charge is -1.99. The Morgan fingerprint density at radius 3 is 2.70 bits per heavy atom. The Balaban J connectivity index is 3.04. The molecule has 0 fully saturated rings. The van der Waals surface area contributed by atoms with Crippen molar-refractivity contribution in [2.45, 2.75) is 18.2 Å². The van der Waals surface area contributed by atoms with Crippen molar-refractivity contribution in [2.24, 2.45) is 0 Å². The molecule has 2 heteroatoms. The first kappa shape index (κ1) is 7.48. The largest absolute Gasteiger partial charge is 0.507 e. The number of benzene rings is 1. The van der Waals surface area contributed by atoms with Crippen molar-refractivity contribution in [1.82, 2.24) is 0 Å². The molecule has 1 aromatic carbocycles. The van der Waals surface area contributed by atoms with Crippen LogP contribution in [0.2, 0.25) is 0 Å². The summed E-state index contributed by atoms with van der Waals surface area (Å²) in [6.45, 7) is 2.05. The van der Waals surface area contributed by atoms with E-state index in [1.807, 2.05) is 13.0 Å². The molecule has 54 valence electrons. The van der Waals surface area contributed by atoms with Crippen LogP contribution in [0.15, 0.2) is 23.1 Å². The van der Waals surface area contributed by atoms with Crippen molar-refractivity contribution in [3.63, 3.8) is 0 Å². The fourth-order valence-electron chi connectivity index (χ4n) is 0.789. The minimum absolute atomic E-state index is 0.266. The molecule has 0 amide bonds. The van der Waals surface area contributed by atoms with E-state index in [0.717, 1.165) is 12.0 Å². The Hall–Kier alpha value is -0.630. The van der Waals surface area contributed by atoms with Gasteiger partial charge in [0, 0.05) is 4.90 Å². The second-order valence-electron chi connectivity index (χ2n) is 2.18. The van der Waals surface area contributed by atoms with Crippen molar-refractivity contribution in [3.05, 3.63) is 23.8 Å². The maximum Gasteiger partial charge on any atom is 0.129 e. The van der Waals surface area contributed by atoms with E-state index in [-0.39, 0.29) is 5.75 Å². The van der Waals surface area contributed by atoms with E-state index in [0.29, 0.717) is 4.90 Å².